The van der Waals surface area contributed by atoms with Crippen LogP contribution in [0, 0.1) is 6.92 Å². The first-order valence-electron chi connectivity index (χ1n) is 8.94. The fourth-order valence-corrected chi connectivity index (χ4v) is 4.17. The minimum atomic E-state index is -3.84. The molecule has 0 saturated carbocycles. The van der Waals surface area contributed by atoms with E-state index in [1.807, 2.05) is 49.4 Å². The first kappa shape index (κ1) is 18.8. The molecule has 1 heterocycles. The summed E-state index contributed by atoms with van der Waals surface area (Å²) >= 11 is 0. The fraction of sp³-hybridized carbons (Fsp3) is 0.0455. The van der Waals surface area contributed by atoms with Crippen LogP contribution in [0.2, 0.25) is 0 Å². The third kappa shape index (κ3) is 3.60. The molecule has 0 atom stereocenters. The standard InChI is InChI=1S/C22H19N3O3S/c1-15-11-13-17(14-12-15)29(26,27)25-21-18-9-5-6-10-19(18)28-22(21)20(24-23)16-7-3-2-4-8-16/h2-14,25H,23H2,1H3/b24-20+. The number of hydrazone groups is 1. The van der Waals surface area contributed by atoms with Crippen molar-refractivity contribution in [3.8, 4) is 0 Å². The lowest BCUT2D eigenvalue weighted by molar-refractivity contribution is 0.597. The summed E-state index contributed by atoms with van der Waals surface area (Å²) in [6.07, 6.45) is 0. The van der Waals surface area contributed by atoms with E-state index in [0.717, 1.165) is 5.56 Å². The van der Waals surface area contributed by atoms with Gasteiger partial charge in [0.2, 0.25) is 0 Å². The number of hydrogen-bond donors (Lipinski definition) is 2. The van der Waals surface area contributed by atoms with Crippen LogP contribution in [0.3, 0.4) is 0 Å². The summed E-state index contributed by atoms with van der Waals surface area (Å²) in [5.41, 5.74) is 2.86. The van der Waals surface area contributed by atoms with E-state index in [-0.39, 0.29) is 10.7 Å². The van der Waals surface area contributed by atoms with Gasteiger partial charge in [-0.1, -0.05) is 60.2 Å². The quantitative estimate of drug-likeness (QED) is 0.295. The number of rotatable bonds is 5. The molecule has 0 aliphatic rings. The van der Waals surface area contributed by atoms with E-state index < -0.39 is 10.0 Å². The van der Waals surface area contributed by atoms with E-state index in [2.05, 4.69) is 9.82 Å². The number of benzene rings is 3. The second-order valence-corrected chi connectivity index (χ2v) is 8.25. The molecule has 3 N–H and O–H groups in total. The van der Waals surface area contributed by atoms with Gasteiger partial charge in [0, 0.05) is 10.9 Å². The first-order valence-corrected chi connectivity index (χ1v) is 10.4. The third-order valence-electron chi connectivity index (χ3n) is 4.55. The van der Waals surface area contributed by atoms with Crippen LogP contribution in [0.1, 0.15) is 16.9 Å². The molecule has 1 aromatic heterocycles. The summed E-state index contributed by atoms with van der Waals surface area (Å²) < 4.78 is 34.7. The van der Waals surface area contributed by atoms with Crippen molar-refractivity contribution in [3.05, 3.63) is 95.7 Å². The molecule has 0 radical (unpaired) electrons. The van der Waals surface area contributed by atoms with Crippen LogP contribution in [-0.4, -0.2) is 14.1 Å². The van der Waals surface area contributed by atoms with Crippen molar-refractivity contribution in [2.75, 3.05) is 4.72 Å². The number of aryl methyl sites for hydroxylation is 1. The van der Waals surface area contributed by atoms with Gasteiger partial charge in [0.15, 0.2) is 5.76 Å². The molecule has 6 nitrogen and oxygen atoms in total. The summed E-state index contributed by atoms with van der Waals surface area (Å²) in [5.74, 6) is 5.93. The molecule has 0 amide bonds. The third-order valence-corrected chi connectivity index (χ3v) is 5.92. The zero-order valence-corrected chi connectivity index (χ0v) is 16.5. The SMILES string of the molecule is Cc1ccc(S(=O)(=O)Nc2c(/C(=N/N)c3ccccc3)oc3ccccc23)cc1. The predicted molar refractivity (Wildman–Crippen MR) is 114 cm³/mol. The molecule has 0 fully saturated rings. The minimum Gasteiger partial charge on any atom is -0.452 e. The molecule has 29 heavy (non-hydrogen) atoms. The first-order chi connectivity index (χ1) is 14.0. The molecule has 0 aliphatic heterocycles. The highest BCUT2D eigenvalue weighted by atomic mass is 32.2. The summed E-state index contributed by atoms with van der Waals surface area (Å²) in [6.45, 7) is 1.90. The van der Waals surface area contributed by atoms with E-state index in [9.17, 15) is 8.42 Å². The Morgan fingerprint density at radius 1 is 0.931 bits per heavy atom. The predicted octanol–water partition coefficient (Wildman–Crippen LogP) is 4.25. The lowest BCUT2D eigenvalue weighted by Gasteiger charge is -2.10. The Kier molecular flexibility index (Phi) is 4.82. The number of nitrogens with two attached hydrogens (primary N) is 1. The van der Waals surface area contributed by atoms with Gasteiger partial charge in [0.1, 0.15) is 17.0 Å². The normalized spacial score (nSPS) is 12.2. The molecule has 7 heteroatoms. The molecule has 3 aromatic carbocycles. The Balaban J connectivity index is 1.87. The maximum Gasteiger partial charge on any atom is 0.262 e. The highest BCUT2D eigenvalue weighted by molar-refractivity contribution is 7.92. The Morgan fingerprint density at radius 3 is 2.28 bits per heavy atom. The molecule has 4 rings (SSSR count). The van der Waals surface area contributed by atoms with Crippen LogP contribution in [0.5, 0.6) is 0 Å². The van der Waals surface area contributed by atoms with Gasteiger partial charge in [-0.15, -0.1) is 0 Å². The summed E-state index contributed by atoms with van der Waals surface area (Å²) in [5, 5.41) is 4.51. The number of anilines is 1. The van der Waals surface area contributed by atoms with Gasteiger partial charge in [-0.3, -0.25) is 4.72 Å². The lowest BCUT2D eigenvalue weighted by Crippen LogP contribution is -2.16. The van der Waals surface area contributed by atoms with Crippen LogP contribution < -0.4 is 10.6 Å². The van der Waals surface area contributed by atoms with Crippen molar-refractivity contribution >= 4 is 32.4 Å². The zero-order chi connectivity index (χ0) is 20.4. The van der Waals surface area contributed by atoms with Crippen molar-refractivity contribution in [2.24, 2.45) is 10.9 Å². The molecule has 0 aliphatic carbocycles. The molecule has 0 unspecified atom stereocenters. The number of fused-ring (bicyclic) bond motifs is 1. The van der Waals surface area contributed by atoms with Crippen molar-refractivity contribution in [2.45, 2.75) is 11.8 Å². The van der Waals surface area contributed by atoms with Crippen LogP contribution in [-0.2, 0) is 10.0 Å². The zero-order valence-electron chi connectivity index (χ0n) is 15.7. The van der Waals surface area contributed by atoms with Crippen LogP contribution in [0.25, 0.3) is 11.0 Å². The maximum atomic E-state index is 13.0. The Morgan fingerprint density at radius 2 is 1.59 bits per heavy atom. The minimum absolute atomic E-state index is 0.158. The van der Waals surface area contributed by atoms with Gasteiger partial charge in [0.05, 0.1) is 4.90 Å². The summed E-state index contributed by atoms with van der Waals surface area (Å²) in [7, 11) is -3.84. The molecule has 0 bridgehead atoms. The maximum absolute atomic E-state index is 13.0. The van der Waals surface area contributed by atoms with Crippen LogP contribution in [0.15, 0.2) is 93.3 Å². The van der Waals surface area contributed by atoms with E-state index in [1.54, 1.807) is 36.4 Å². The van der Waals surface area contributed by atoms with Crippen LogP contribution >= 0.6 is 0 Å². The van der Waals surface area contributed by atoms with E-state index in [4.69, 9.17) is 10.3 Å². The van der Waals surface area contributed by atoms with Gasteiger partial charge in [-0.05, 0) is 31.2 Å². The highest BCUT2D eigenvalue weighted by Gasteiger charge is 2.25. The number of furan rings is 1. The van der Waals surface area contributed by atoms with E-state index >= 15 is 0 Å². The van der Waals surface area contributed by atoms with E-state index in [1.165, 1.54) is 0 Å². The number of sulfonamides is 1. The average molecular weight is 405 g/mol. The van der Waals surface area contributed by atoms with Gasteiger partial charge >= 0.3 is 0 Å². The summed E-state index contributed by atoms with van der Waals surface area (Å²) in [4.78, 5) is 0.158. The smallest absolute Gasteiger partial charge is 0.262 e. The van der Waals surface area contributed by atoms with Gasteiger partial charge in [-0.2, -0.15) is 5.10 Å². The van der Waals surface area contributed by atoms with Gasteiger partial charge < -0.3 is 10.3 Å². The highest BCUT2D eigenvalue weighted by Crippen LogP contribution is 2.34. The second-order valence-electron chi connectivity index (χ2n) is 6.56. The number of hydrogen-bond acceptors (Lipinski definition) is 5. The lowest BCUT2D eigenvalue weighted by atomic mass is 10.1. The number of nitrogens with zero attached hydrogens (tertiary/aromatic N) is 1. The Labute approximate surface area is 168 Å². The van der Waals surface area contributed by atoms with Crippen molar-refractivity contribution in [3.63, 3.8) is 0 Å². The fourth-order valence-electron chi connectivity index (χ4n) is 3.08. The summed E-state index contributed by atoms with van der Waals surface area (Å²) in [6, 6.07) is 23.0. The number of nitrogens with one attached hydrogen (secondary N) is 1. The topological polar surface area (TPSA) is 97.7 Å². The monoisotopic (exact) mass is 405 g/mol. The molecule has 0 spiro atoms. The second kappa shape index (κ2) is 7.44. The molecular formula is C22H19N3O3S. The largest absolute Gasteiger partial charge is 0.452 e. The average Bonchev–Trinajstić information content (AvgIpc) is 3.07. The van der Waals surface area contributed by atoms with Crippen LogP contribution in [0.4, 0.5) is 5.69 Å². The van der Waals surface area contributed by atoms with Crippen molar-refractivity contribution < 1.29 is 12.8 Å². The van der Waals surface area contributed by atoms with Crippen molar-refractivity contribution in [1.29, 1.82) is 0 Å². The van der Waals surface area contributed by atoms with Crippen molar-refractivity contribution in [1.82, 2.24) is 0 Å². The molecule has 4 aromatic rings. The molecular weight excluding hydrogens is 386 g/mol. The van der Waals surface area contributed by atoms with Gasteiger partial charge in [-0.25, -0.2) is 8.42 Å². The Hall–Kier alpha value is -3.58. The molecule has 0 saturated heterocycles. The molecule has 146 valence electrons. The Bertz CT molecular complexity index is 1290. The van der Waals surface area contributed by atoms with E-state index in [0.29, 0.717) is 27.9 Å². The van der Waals surface area contributed by atoms with Gasteiger partial charge in [0.25, 0.3) is 10.0 Å². The number of para-hydroxylation sites is 1.